The number of nitrogens with one attached hydrogen (secondary N) is 1. The number of carbonyl (C=O) groups is 1. The van der Waals surface area contributed by atoms with Crippen LogP contribution in [0.4, 0.5) is 18.9 Å². The van der Waals surface area contributed by atoms with E-state index in [1.54, 1.807) is 6.92 Å². The Hall–Kier alpha value is -3.09. The summed E-state index contributed by atoms with van der Waals surface area (Å²) in [5, 5.41) is 2.85. The Bertz CT molecular complexity index is 1040. The molecule has 25 heavy (non-hydrogen) atoms. The van der Waals surface area contributed by atoms with Gasteiger partial charge in [-0.25, -0.2) is 13.2 Å². The summed E-state index contributed by atoms with van der Waals surface area (Å²) in [5.41, 5.74) is -0.736. The minimum atomic E-state index is -0.929. The zero-order chi connectivity index (χ0) is 18.1. The molecule has 3 rings (SSSR count). The van der Waals surface area contributed by atoms with E-state index < -0.39 is 28.9 Å². The van der Waals surface area contributed by atoms with Gasteiger partial charge in [-0.2, -0.15) is 0 Å². The molecule has 128 valence electrons. The predicted octanol–water partition coefficient (Wildman–Crippen LogP) is 3.69. The number of anilines is 1. The fraction of sp³-hybridized carbons (Fsp3) is 0.111. The van der Waals surface area contributed by atoms with E-state index in [0.717, 1.165) is 18.2 Å². The predicted molar refractivity (Wildman–Crippen MR) is 88.2 cm³/mol. The normalized spacial score (nSPS) is 10.9. The Balaban J connectivity index is 2.09. The van der Waals surface area contributed by atoms with Crippen LogP contribution in [0.15, 0.2) is 47.3 Å². The SMILES string of the molecule is CCn1c(C(=O)Nc2ccc(F)cc2F)cc2ccc(F)cc2c1=O. The van der Waals surface area contributed by atoms with Crippen molar-refractivity contribution < 1.29 is 18.0 Å². The van der Waals surface area contributed by atoms with Crippen molar-refractivity contribution in [2.24, 2.45) is 0 Å². The summed E-state index contributed by atoms with van der Waals surface area (Å²) in [6, 6.07) is 7.84. The fourth-order valence-electron chi connectivity index (χ4n) is 2.60. The van der Waals surface area contributed by atoms with E-state index in [1.807, 2.05) is 0 Å². The molecule has 0 bridgehead atoms. The molecule has 0 atom stereocenters. The lowest BCUT2D eigenvalue weighted by atomic mass is 10.1. The number of halogens is 3. The molecule has 0 aliphatic carbocycles. The third kappa shape index (κ3) is 3.13. The van der Waals surface area contributed by atoms with Crippen molar-refractivity contribution >= 4 is 22.4 Å². The van der Waals surface area contributed by atoms with Gasteiger partial charge in [0.05, 0.1) is 11.1 Å². The standard InChI is InChI=1S/C18H13F3N2O2/c1-2-23-16(7-10-3-4-11(19)8-13(10)18(23)25)17(24)22-15-6-5-12(20)9-14(15)21/h3-9H,2H2,1H3,(H,22,24). The summed E-state index contributed by atoms with van der Waals surface area (Å²) in [7, 11) is 0. The maximum Gasteiger partial charge on any atom is 0.272 e. The first-order valence-corrected chi connectivity index (χ1v) is 7.50. The second kappa shape index (κ2) is 6.43. The van der Waals surface area contributed by atoms with Crippen LogP contribution in [0.2, 0.25) is 0 Å². The van der Waals surface area contributed by atoms with Crippen LogP contribution < -0.4 is 10.9 Å². The molecule has 2 aromatic carbocycles. The molecule has 0 aliphatic rings. The topological polar surface area (TPSA) is 51.1 Å². The van der Waals surface area contributed by atoms with Gasteiger partial charge in [-0.3, -0.25) is 9.59 Å². The van der Waals surface area contributed by atoms with Gasteiger partial charge in [0.25, 0.3) is 11.5 Å². The van der Waals surface area contributed by atoms with Crippen LogP contribution >= 0.6 is 0 Å². The molecular formula is C18H13F3N2O2. The number of rotatable bonds is 3. The Morgan fingerprint density at radius 1 is 1.04 bits per heavy atom. The van der Waals surface area contributed by atoms with Crippen molar-refractivity contribution in [3.05, 3.63) is 76.0 Å². The number of hydrogen-bond acceptors (Lipinski definition) is 2. The Kier molecular flexibility index (Phi) is 4.31. The summed E-state index contributed by atoms with van der Waals surface area (Å²) in [6.45, 7) is 1.82. The number of benzene rings is 2. The van der Waals surface area contributed by atoms with Crippen molar-refractivity contribution in [1.82, 2.24) is 4.57 Å². The molecule has 0 saturated heterocycles. The van der Waals surface area contributed by atoms with Crippen molar-refractivity contribution in [1.29, 1.82) is 0 Å². The maximum absolute atomic E-state index is 13.7. The second-order valence-electron chi connectivity index (χ2n) is 5.39. The first kappa shape index (κ1) is 16.8. The highest BCUT2D eigenvalue weighted by Crippen LogP contribution is 2.18. The molecule has 1 aromatic heterocycles. The van der Waals surface area contributed by atoms with Gasteiger partial charge in [-0.1, -0.05) is 6.07 Å². The van der Waals surface area contributed by atoms with Crippen molar-refractivity contribution in [2.45, 2.75) is 13.5 Å². The summed E-state index contributed by atoms with van der Waals surface area (Å²) >= 11 is 0. The first-order chi connectivity index (χ1) is 11.9. The highest BCUT2D eigenvalue weighted by Gasteiger charge is 2.17. The van der Waals surface area contributed by atoms with Gasteiger partial charge in [0.1, 0.15) is 23.1 Å². The molecule has 0 spiro atoms. The quantitative estimate of drug-likeness (QED) is 0.786. The lowest BCUT2D eigenvalue weighted by molar-refractivity contribution is 0.101. The molecule has 1 amide bonds. The smallest absolute Gasteiger partial charge is 0.272 e. The average Bonchev–Trinajstić information content (AvgIpc) is 2.57. The minimum Gasteiger partial charge on any atom is -0.318 e. The molecule has 3 aromatic rings. The average molecular weight is 346 g/mol. The van der Waals surface area contributed by atoms with Gasteiger partial charge >= 0.3 is 0 Å². The lowest BCUT2D eigenvalue weighted by Crippen LogP contribution is -2.28. The lowest BCUT2D eigenvalue weighted by Gasteiger charge is -2.13. The molecule has 4 nitrogen and oxygen atoms in total. The van der Waals surface area contributed by atoms with Gasteiger partial charge < -0.3 is 9.88 Å². The number of hydrogen-bond donors (Lipinski definition) is 1. The summed E-state index contributed by atoms with van der Waals surface area (Å²) in [4.78, 5) is 25.0. The van der Waals surface area contributed by atoms with Crippen LogP contribution in [-0.2, 0) is 6.54 Å². The molecule has 7 heteroatoms. The number of carbonyl (C=O) groups excluding carboxylic acids is 1. The van der Waals surface area contributed by atoms with E-state index in [4.69, 9.17) is 0 Å². The summed E-state index contributed by atoms with van der Waals surface area (Å²) in [5.74, 6) is -2.98. The minimum absolute atomic E-state index is 0.00432. The number of nitrogens with zero attached hydrogens (tertiary/aromatic N) is 1. The van der Waals surface area contributed by atoms with Crippen molar-refractivity contribution in [3.63, 3.8) is 0 Å². The van der Waals surface area contributed by atoms with Crippen LogP contribution in [0, 0.1) is 17.5 Å². The van der Waals surface area contributed by atoms with E-state index in [-0.39, 0.29) is 23.3 Å². The van der Waals surface area contributed by atoms with Gasteiger partial charge in [-0.15, -0.1) is 0 Å². The van der Waals surface area contributed by atoms with Gasteiger partial charge in [0, 0.05) is 12.6 Å². The highest BCUT2D eigenvalue weighted by molar-refractivity contribution is 6.05. The van der Waals surface area contributed by atoms with E-state index in [9.17, 15) is 22.8 Å². The first-order valence-electron chi connectivity index (χ1n) is 7.50. The van der Waals surface area contributed by atoms with Crippen LogP contribution in [0.25, 0.3) is 10.8 Å². The monoisotopic (exact) mass is 346 g/mol. The zero-order valence-corrected chi connectivity index (χ0v) is 13.1. The third-order valence-corrected chi connectivity index (χ3v) is 3.80. The van der Waals surface area contributed by atoms with E-state index in [1.165, 1.54) is 22.8 Å². The molecule has 0 saturated carbocycles. The van der Waals surface area contributed by atoms with Gasteiger partial charge in [0.2, 0.25) is 0 Å². The molecular weight excluding hydrogens is 333 g/mol. The molecule has 0 aliphatic heterocycles. The molecule has 1 heterocycles. The molecule has 0 radical (unpaired) electrons. The van der Waals surface area contributed by atoms with Crippen LogP contribution in [0.5, 0.6) is 0 Å². The third-order valence-electron chi connectivity index (χ3n) is 3.80. The van der Waals surface area contributed by atoms with Crippen LogP contribution in [0.1, 0.15) is 17.4 Å². The number of aromatic nitrogens is 1. The van der Waals surface area contributed by atoms with Crippen LogP contribution in [0.3, 0.4) is 0 Å². The summed E-state index contributed by atoms with van der Waals surface area (Å²) in [6.07, 6.45) is 0. The molecule has 1 N–H and O–H groups in total. The Labute approximate surface area is 140 Å². The largest absolute Gasteiger partial charge is 0.318 e. The van der Waals surface area contributed by atoms with Crippen molar-refractivity contribution in [3.8, 4) is 0 Å². The van der Waals surface area contributed by atoms with E-state index >= 15 is 0 Å². The number of amides is 1. The number of fused-ring (bicyclic) bond motifs is 1. The number of pyridine rings is 1. The van der Waals surface area contributed by atoms with E-state index in [2.05, 4.69) is 5.32 Å². The van der Waals surface area contributed by atoms with Crippen molar-refractivity contribution in [2.75, 3.05) is 5.32 Å². The van der Waals surface area contributed by atoms with Gasteiger partial charge in [-0.05, 0) is 42.6 Å². The van der Waals surface area contributed by atoms with E-state index in [0.29, 0.717) is 11.5 Å². The Morgan fingerprint density at radius 2 is 1.72 bits per heavy atom. The maximum atomic E-state index is 13.7. The summed E-state index contributed by atoms with van der Waals surface area (Å²) < 4.78 is 41.2. The Morgan fingerprint density at radius 3 is 2.40 bits per heavy atom. The van der Waals surface area contributed by atoms with Crippen LogP contribution in [-0.4, -0.2) is 10.5 Å². The zero-order valence-electron chi connectivity index (χ0n) is 13.1. The molecule has 0 unspecified atom stereocenters. The second-order valence-corrected chi connectivity index (χ2v) is 5.39. The van der Waals surface area contributed by atoms with Gasteiger partial charge in [0.15, 0.2) is 0 Å². The highest BCUT2D eigenvalue weighted by atomic mass is 19.1. The fourth-order valence-corrected chi connectivity index (χ4v) is 2.60. The molecule has 0 fully saturated rings.